The highest BCUT2D eigenvalue weighted by Crippen LogP contribution is 2.31. The van der Waals surface area contributed by atoms with Crippen molar-refractivity contribution in [1.29, 1.82) is 0 Å². The van der Waals surface area contributed by atoms with Gasteiger partial charge in [-0.25, -0.2) is 0 Å². The number of pyridine rings is 1. The van der Waals surface area contributed by atoms with Crippen molar-refractivity contribution in [2.45, 2.75) is 45.4 Å². The molecule has 1 aromatic heterocycles. The first kappa shape index (κ1) is 21.8. The van der Waals surface area contributed by atoms with Crippen LogP contribution < -0.4 is 9.80 Å². The van der Waals surface area contributed by atoms with Gasteiger partial charge in [0.2, 0.25) is 5.91 Å². The molecular weight excluding hydrogens is 384 g/mol. The number of benzene rings is 1. The van der Waals surface area contributed by atoms with Gasteiger partial charge in [0.05, 0.1) is 11.4 Å². The predicted molar refractivity (Wildman–Crippen MR) is 128 cm³/mol. The van der Waals surface area contributed by atoms with Crippen molar-refractivity contribution < 1.29 is 4.79 Å². The first-order chi connectivity index (χ1) is 14.8. The first-order valence-corrected chi connectivity index (χ1v) is 11.6. The van der Waals surface area contributed by atoms with Crippen molar-refractivity contribution in [3.63, 3.8) is 0 Å². The molecule has 0 saturated carbocycles. The third-order valence-electron chi connectivity index (χ3n) is 6.74. The summed E-state index contributed by atoms with van der Waals surface area (Å²) in [7, 11) is 2.17. The number of anilines is 2. The summed E-state index contributed by atoms with van der Waals surface area (Å²) in [6.07, 6.45) is 4.56. The fourth-order valence-corrected chi connectivity index (χ4v) is 4.69. The normalized spacial score (nSPS) is 20.9. The van der Waals surface area contributed by atoms with Gasteiger partial charge in [-0.05, 0) is 55.1 Å². The molecule has 0 bridgehead atoms. The van der Waals surface area contributed by atoms with Gasteiger partial charge >= 0.3 is 0 Å². The minimum Gasteiger partial charge on any atom is -0.367 e. The number of piperidine rings is 1. The van der Waals surface area contributed by atoms with Gasteiger partial charge in [0, 0.05) is 56.9 Å². The number of hydrogen-bond donors (Lipinski definition) is 0. The SMILES string of the molecule is CN1CCN(c2cccnc2C[C@@H]2CCCN(c3ccc(C(C)(C)C)cc3)C2=O)CC1. The number of piperazine rings is 1. The molecule has 2 aliphatic heterocycles. The van der Waals surface area contributed by atoms with Crippen LogP contribution in [-0.4, -0.2) is 55.6 Å². The van der Waals surface area contributed by atoms with Gasteiger partial charge in [-0.3, -0.25) is 9.78 Å². The summed E-state index contributed by atoms with van der Waals surface area (Å²) in [6.45, 7) is 11.6. The lowest BCUT2D eigenvalue weighted by Gasteiger charge is -2.36. The summed E-state index contributed by atoms with van der Waals surface area (Å²) in [5.41, 5.74) is 4.70. The molecule has 2 aliphatic rings. The molecular formula is C26H36N4O. The van der Waals surface area contributed by atoms with E-state index in [9.17, 15) is 4.79 Å². The summed E-state index contributed by atoms with van der Waals surface area (Å²) in [4.78, 5) is 24.9. The maximum absolute atomic E-state index is 13.4. The van der Waals surface area contributed by atoms with Crippen LogP contribution in [0, 0.1) is 5.92 Å². The topological polar surface area (TPSA) is 39.7 Å². The number of rotatable bonds is 4. The Bertz CT molecular complexity index is 894. The average Bonchev–Trinajstić information content (AvgIpc) is 2.76. The van der Waals surface area contributed by atoms with E-state index in [0.29, 0.717) is 0 Å². The number of carbonyl (C=O) groups is 1. The Morgan fingerprint density at radius 3 is 2.39 bits per heavy atom. The van der Waals surface area contributed by atoms with Gasteiger partial charge in [-0.2, -0.15) is 0 Å². The zero-order valence-corrected chi connectivity index (χ0v) is 19.5. The fraction of sp³-hybridized carbons (Fsp3) is 0.538. The van der Waals surface area contributed by atoms with Gasteiger partial charge < -0.3 is 14.7 Å². The van der Waals surface area contributed by atoms with Crippen LogP contribution >= 0.6 is 0 Å². The summed E-state index contributed by atoms with van der Waals surface area (Å²) in [6, 6.07) is 12.7. The third kappa shape index (κ3) is 4.93. The fourth-order valence-electron chi connectivity index (χ4n) is 4.69. The molecule has 0 radical (unpaired) electrons. The molecule has 5 nitrogen and oxygen atoms in total. The summed E-state index contributed by atoms with van der Waals surface area (Å²) < 4.78 is 0. The van der Waals surface area contributed by atoms with Crippen molar-refractivity contribution in [2.24, 2.45) is 5.92 Å². The van der Waals surface area contributed by atoms with Crippen LogP contribution in [0.15, 0.2) is 42.6 Å². The van der Waals surface area contributed by atoms with E-state index in [1.54, 1.807) is 0 Å². The van der Waals surface area contributed by atoms with Crippen LogP contribution in [0.4, 0.5) is 11.4 Å². The third-order valence-corrected chi connectivity index (χ3v) is 6.74. The highest BCUT2D eigenvalue weighted by molar-refractivity contribution is 5.96. The second-order valence-corrected chi connectivity index (χ2v) is 10.1. The summed E-state index contributed by atoms with van der Waals surface area (Å²) >= 11 is 0. The molecule has 166 valence electrons. The maximum atomic E-state index is 13.4. The van der Waals surface area contributed by atoms with Crippen molar-refractivity contribution in [2.75, 3.05) is 49.6 Å². The van der Waals surface area contributed by atoms with Gasteiger partial charge in [0.25, 0.3) is 0 Å². The molecule has 5 heteroatoms. The number of likely N-dealkylation sites (N-methyl/N-ethyl adjacent to an activating group) is 1. The Morgan fingerprint density at radius 1 is 1.00 bits per heavy atom. The quantitative estimate of drug-likeness (QED) is 0.746. The van der Waals surface area contributed by atoms with Crippen LogP contribution in [0.2, 0.25) is 0 Å². The van der Waals surface area contributed by atoms with Crippen LogP contribution in [0.25, 0.3) is 0 Å². The number of nitrogens with zero attached hydrogens (tertiary/aromatic N) is 4. The monoisotopic (exact) mass is 420 g/mol. The van der Waals surface area contributed by atoms with E-state index in [2.05, 4.69) is 68.0 Å². The number of aromatic nitrogens is 1. The number of hydrogen-bond acceptors (Lipinski definition) is 4. The van der Waals surface area contributed by atoms with Gasteiger partial charge in [-0.1, -0.05) is 32.9 Å². The lowest BCUT2D eigenvalue weighted by molar-refractivity contribution is -0.123. The van der Waals surface area contributed by atoms with Crippen LogP contribution in [0.3, 0.4) is 0 Å². The predicted octanol–water partition coefficient (Wildman–Crippen LogP) is 4.12. The maximum Gasteiger partial charge on any atom is 0.230 e. The van der Waals surface area contributed by atoms with Gasteiger partial charge in [0.15, 0.2) is 0 Å². The van der Waals surface area contributed by atoms with Crippen molar-refractivity contribution >= 4 is 17.3 Å². The summed E-state index contributed by atoms with van der Waals surface area (Å²) in [5.74, 6) is 0.238. The minimum absolute atomic E-state index is 0.00263. The van der Waals surface area contributed by atoms with Crippen LogP contribution in [0.1, 0.15) is 44.9 Å². The highest BCUT2D eigenvalue weighted by atomic mass is 16.2. The molecule has 0 N–H and O–H groups in total. The Kier molecular flexibility index (Phi) is 6.33. The standard InChI is InChI=1S/C26H36N4O/c1-26(2,3)21-9-11-22(12-10-21)30-14-6-7-20(25(30)31)19-23-24(8-5-13-27-23)29-17-15-28(4)16-18-29/h5,8-13,20H,6-7,14-19H2,1-4H3/t20-/m0/s1. The molecule has 2 fully saturated rings. The molecule has 1 atom stereocenters. The first-order valence-electron chi connectivity index (χ1n) is 11.6. The molecule has 1 aromatic carbocycles. The molecule has 0 aliphatic carbocycles. The highest BCUT2D eigenvalue weighted by Gasteiger charge is 2.31. The van der Waals surface area contributed by atoms with Crippen molar-refractivity contribution in [3.8, 4) is 0 Å². The second-order valence-electron chi connectivity index (χ2n) is 10.1. The lowest BCUT2D eigenvalue weighted by Crippen LogP contribution is -2.45. The molecule has 0 spiro atoms. The zero-order chi connectivity index (χ0) is 22.0. The van der Waals surface area contributed by atoms with E-state index < -0.39 is 0 Å². The van der Waals surface area contributed by atoms with Crippen molar-refractivity contribution in [1.82, 2.24) is 9.88 Å². The Balaban J connectivity index is 1.49. The minimum atomic E-state index is -0.00263. The second kappa shape index (κ2) is 8.99. The molecule has 2 aromatic rings. The molecule has 2 saturated heterocycles. The molecule has 4 rings (SSSR count). The Labute approximate surface area is 187 Å². The molecule has 1 amide bonds. The molecule has 31 heavy (non-hydrogen) atoms. The van der Waals surface area contributed by atoms with Crippen LogP contribution in [0.5, 0.6) is 0 Å². The number of carbonyl (C=O) groups excluding carboxylic acids is 1. The van der Waals surface area contributed by atoms with E-state index in [0.717, 1.165) is 63.4 Å². The van der Waals surface area contributed by atoms with Crippen LogP contribution in [-0.2, 0) is 16.6 Å². The van der Waals surface area contributed by atoms with E-state index >= 15 is 0 Å². The van der Waals surface area contributed by atoms with E-state index in [1.165, 1.54) is 11.3 Å². The summed E-state index contributed by atoms with van der Waals surface area (Å²) in [5, 5.41) is 0. The molecule has 0 unspecified atom stereocenters. The zero-order valence-electron chi connectivity index (χ0n) is 19.5. The van der Waals surface area contributed by atoms with E-state index in [-0.39, 0.29) is 17.2 Å². The largest absolute Gasteiger partial charge is 0.367 e. The number of amides is 1. The van der Waals surface area contributed by atoms with Gasteiger partial charge in [-0.15, -0.1) is 0 Å². The van der Waals surface area contributed by atoms with Crippen molar-refractivity contribution in [3.05, 3.63) is 53.9 Å². The smallest absolute Gasteiger partial charge is 0.230 e. The lowest BCUT2D eigenvalue weighted by atomic mass is 9.86. The average molecular weight is 421 g/mol. The Morgan fingerprint density at radius 2 is 1.71 bits per heavy atom. The van der Waals surface area contributed by atoms with E-state index in [1.807, 2.05) is 17.2 Å². The molecule has 3 heterocycles. The van der Waals surface area contributed by atoms with E-state index in [4.69, 9.17) is 4.98 Å². The van der Waals surface area contributed by atoms with Gasteiger partial charge in [0.1, 0.15) is 0 Å². The Hall–Kier alpha value is -2.40.